The number of nitrogens with two attached hydrogens (primary N) is 1. The highest BCUT2D eigenvalue weighted by Crippen LogP contribution is 2.41. The highest BCUT2D eigenvalue weighted by Gasteiger charge is 2.58. The van der Waals surface area contributed by atoms with Gasteiger partial charge < -0.3 is 30.1 Å². The van der Waals surface area contributed by atoms with Crippen molar-refractivity contribution in [1.29, 1.82) is 0 Å². The van der Waals surface area contributed by atoms with Crippen LogP contribution in [0.3, 0.4) is 0 Å². The number of carbonyl (C=O) groups excluding carboxylic acids is 2. The van der Waals surface area contributed by atoms with Gasteiger partial charge in [0.25, 0.3) is 11.5 Å². The molecule has 0 bridgehead atoms. The summed E-state index contributed by atoms with van der Waals surface area (Å²) in [6, 6.07) is 14.0. The molecule has 2 aliphatic rings. The number of nitrogens with zero attached hydrogens (tertiary/aromatic N) is 4. The van der Waals surface area contributed by atoms with Crippen molar-refractivity contribution in [2.24, 2.45) is 5.92 Å². The Hall–Kier alpha value is -4.59. The third-order valence-corrected chi connectivity index (χ3v) is 8.48. The second-order valence-electron chi connectivity index (χ2n) is 13.0. The van der Waals surface area contributed by atoms with E-state index in [-0.39, 0.29) is 37.7 Å². The Bertz CT molecular complexity index is 1660. The molecule has 252 valence electrons. The van der Waals surface area contributed by atoms with E-state index in [0.717, 1.165) is 33.5 Å². The molecule has 2 aromatic carbocycles. The fraction of sp³-hybridized carbons (Fsp3) is 0.455. The van der Waals surface area contributed by atoms with Gasteiger partial charge in [-0.25, -0.2) is 22.9 Å². The van der Waals surface area contributed by atoms with Gasteiger partial charge >= 0.3 is 6.09 Å². The number of ether oxygens (including phenoxy) is 2. The molecule has 0 spiro atoms. The first-order valence-electron chi connectivity index (χ1n) is 15.3. The number of aromatic nitrogens is 2. The van der Waals surface area contributed by atoms with Gasteiger partial charge in [0.1, 0.15) is 29.1 Å². The molecule has 2 amide bonds. The van der Waals surface area contributed by atoms with Gasteiger partial charge in [0.15, 0.2) is 5.69 Å². The Balaban J connectivity index is 1.30. The SMILES string of the molecule is CC(C)(C)OC(=O)N1CC[C@@H](C(=O)N2CC[C@](O)(Cn3cnc(Oc4ccc(F)cc4)c(N)c3=O)C(F)(F)C2)[C@H](c2ccccc2)C1. The lowest BCUT2D eigenvalue weighted by molar-refractivity contribution is -0.223. The Morgan fingerprint density at radius 1 is 1.06 bits per heavy atom. The van der Waals surface area contributed by atoms with Crippen LogP contribution in [0, 0.1) is 11.7 Å². The molecule has 47 heavy (non-hydrogen) atoms. The zero-order chi connectivity index (χ0) is 34.1. The van der Waals surface area contributed by atoms with E-state index in [1.807, 2.05) is 30.3 Å². The fourth-order valence-corrected chi connectivity index (χ4v) is 5.94. The van der Waals surface area contributed by atoms with Crippen LogP contribution >= 0.6 is 0 Å². The predicted molar refractivity (Wildman–Crippen MR) is 166 cm³/mol. The Morgan fingerprint density at radius 2 is 1.74 bits per heavy atom. The van der Waals surface area contributed by atoms with Crippen molar-refractivity contribution < 1.29 is 37.3 Å². The van der Waals surface area contributed by atoms with Crippen LogP contribution in [-0.2, 0) is 16.1 Å². The average Bonchev–Trinajstić information content (AvgIpc) is 3.02. The van der Waals surface area contributed by atoms with Crippen molar-refractivity contribution in [2.45, 2.75) is 63.2 Å². The van der Waals surface area contributed by atoms with E-state index in [0.29, 0.717) is 0 Å². The summed E-state index contributed by atoms with van der Waals surface area (Å²) in [4.78, 5) is 46.2. The molecule has 2 aliphatic heterocycles. The molecule has 3 aromatic rings. The van der Waals surface area contributed by atoms with E-state index in [2.05, 4.69) is 4.98 Å². The molecule has 11 nitrogen and oxygen atoms in total. The van der Waals surface area contributed by atoms with Crippen molar-refractivity contribution in [2.75, 3.05) is 31.9 Å². The average molecular weight is 658 g/mol. The lowest BCUT2D eigenvalue weighted by Gasteiger charge is -2.46. The van der Waals surface area contributed by atoms with Gasteiger partial charge in [0, 0.05) is 37.9 Å². The second kappa shape index (κ2) is 12.9. The van der Waals surface area contributed by atoms with Crippen molar-refractivity contribution in [3.05, 3.63) is 82.7 Å². The summed E-state index contributed by atoms with van der Waals surface area (Å²) in [6.45, 7) is 3.55. The summed E-state index contributed by atoms with van der Waals surface area (Å²) in [5.74, 6) is -6.14. The van der Waals surface area contributed by atoms with Crippen LogP contribution in [0.2, 0.25) is 0 Å². The van der Waals surface area contributed by atoms with Gasteiger partial charge in [-0.05, 0) is 57.0 Å². The van der Waals surface area contributed by atoms with E-state index >= 15 is 8.78 Å². The number of anilines is 1. The third-order valence-electron chi connectivity index (χ3n) is 8.48. The number of nitrogen functional groups attached to an aromatic ring is 1. The molecule has 0 unspecified atom stereocenters. The van der Waals surface area contributed by atoms with Gasteiger partial charge in [0.05, 0.1) is 13.1 Å². The lowest BCUT2D eigenvalue weighted by Crippen LogP contribution is -2.64. The Morgan fingerprint density at radius 3 is 2.38 bits per heavy atom. The molecule has 3 atom stereocenters. The van der Waals surface area contributed by atoms with Crippen LogP contribution in [0.15, 0.2) is 65.7 Å². The van der Waals surface area contributed by atoms with Gasteiger partial charge in [-0.15, -0.1) is 0 Å². The first-order chi connectivity index (χ1) is 22.1. The number of likely N-dealkylation sites (tertiary alicyclic amines) is 2. The number of rotatable bonds is 6. The predicted octanol–water partition coefficient (Wildman–Crippen LogP) is 4.40. The summed E-state index contributed by atoms with van der Waals surface area (Å²) < 4.78 is 56.5. The smallest absolute Gasteiger partial charge is 0.410 e. The molecule has 2 saturated heterocycles. The summed E-state index contributed by atoms with van der Waals surface area (Å²) >= 11 is 0. The molecule has 5 rings (SSSR count). The number of aliphatic hydroxyl groups is 1. The fourth-order valence-electron chi connectivity index (χ4n) is 5.94. The quantitative estimate of drug-likeness (QED) is 0.398. The van der Waals surface area contributed by atoms with Gasteiger partial charge in [-0.1, -0.05) is 30.3 Å². The van der Waals surface area contributed by atoms with Gasteiger partial charge in [-0.2, -0.15) is 0 Å². The number of piperidine rings is 2. The standard InChI is InChI=1S/C33H38F3N5O6/c1-31(2,3)47-30(44)39-15-13-24(25(17-39)21-7-5-4-6-8-21)28(42)40-16-14-32(45,33(35,36)19-40)18-41-20-38-27(26(37)29(41)43)46-23-11-9-22(34)10-12-23/h4-12,20,24-25,45H,13-19,37H2,1-3H3/t24-,25+,32+/m1/s1. The Kier molecular flexibility index (Phi) is 9.26. The summed E-state index contributed by atoms with van der Waals surface area (Å²) in [6.07, 6.45) is 0.126. The molecule has 0 saturated carbocycles. The maximum atomic E-state index is 15.8. The van der Waals surface area contributed by atoms with Crippen LogP contribution in [0.4, 0.5) is 23.7 Å². The minimum absolute atomic E-state index is 0.148. The first kappa shape index (κ1) is 33.8. The molecular weight excluding hydrogens is 619 g/mol. The van der Waals surface area contributed by atoms with E-state index in [1.54, 1.807) is 20.8 Å². The van der Waals surface area contributed by atoms with Crippen molar-refractivity contribution >= 4 is 17.7 Å². The topological polar surface area (TPSA) is 140 Å². The molecule has 2 fully saturated rings. The second-order valence-corrected chi connectivity index (χ2v) is 13.0. The van der Waals surface area contributed by atoms with Gasteiger partial charge in [0.2, 0.25) is 11.8 Å². The number of amides is 2. The minimum atomic E-state index is -3.81. The van der Waals surface area contributed by atoms with Gasteiger partial charge in [-0.3, -0.25) is 14.2 Å². The normalized spacial score (nSPS) is 22.9. The van der Waals surface area contributed by atoms with E-state index < -0.39 is 77.5 Å². The number of alkyl halides is 2. The van der Waals surface area contributed by atoms with Crippen LogP contribution in [0.1, 0.15) is 45.1 Å². The van der Waals surface area contributed by atoms with Crippen LogP contribution in [-0.4, -0.2) is 79.8 Å². The van der Waals surface area contributed by atoms with Crippen LogP contribution < -0.4 is 16.0 Å². The molecule has 3 N–H and O–H groups in total. The zero-order valence-electron chi connectivity index (χ0n) is 26.4. The molecule has 0 aliphatic carbocycles. The monoisotopic (exact) mass is 657 g/mol. The number of hydrogen-bond donors (Lipinski definition) is 2. The van der Waals surface area contributed by atoms with Crippen LogP contribution in [0.25, 0.3) is 0 Å². The maximum Gasteiger partial charge on any atom is 0.410 e. The molecule has 3 heterocycles. The van der Waals surface area contributed by atoms with E-state index in [9.17, 15) is 23.9 Å². The highest BCUT2D eigenvalue weighted by molar-refractivity contribution is 5.81. The van der Waals surface area contributed by atoms with Crippen molar-refractivity contribution in [1.82, 2.24) is 19.4 Å². The molecule has 14 heteroatoms. The highest BCUT2D eigenvalue weighted by atomic mass is 19.3. The summed E-state index contributed by atoms with van der Waals surface area (Å²) in [5, 5.41) is 11.2. The minimum Gasteiger partial charge on any atom is -0.444 e. The summed E-state index contributed by atoms with van der Waals surface area (Å²) in [5.41, 5.74) is 1.87. The maximum absolute atomic E-state index is 15.8. The molecular formula is C33H38F3N5O6. The number of carbonyl (C=O) groups is 2. The lowest BCUT2D eigenvalue weighted by atomic mass is 9.79. The van der Waals surface area contributed by atoms with E-state index in [4.69, 9.17) is 15.2 Å². The summed E-state index contributed by atoms with van der Waals surface area (Å²) in [7, 11) is 0. The zero-order valence-corrected chi connectivity index (χ0v) is 26.4. The molecule has 0 radical (unpaired) electrons. The molecule has 1 aromatic heterocycles. The van der Waals surface area contributed by atoms with E-state index in [1.165, 1.54) is 17.0 Å². The number of halogens is 3. The van der Waals surface area contributed by atoms with Crippen molar-refractivity contribution in [3.8, 4) is 11.6 Å². The number of benzene rings is 2. The largest absolute Gasteiger partial charge is 0.444 e. The van der Waals surface area contributed by atoms with Crippen LogP contribution in [0.5, 0.6) is 11.6 Å². The first-order valence-corrected chi connectivity index (χ1v) is 15.3. The third kappa shape index (κ3) is 7.37. The Labute approximate surface area is 269 Å². The number of hydrogen-bond acceptors (Lipinski definition) is 8. The van der Waals surface area contributed by atoms with Crippen molar-refractivity contribution in [3.63, 3.8) is 0 Å².